The monoisotopic (exact) mass is 554 g/mol. The van der Waals surface area contributed by atoms with E-state index < -0.39 is 0 Å². The maximum atomic E-state index is 9.07. The van der Waals surface area contributed by atoms with Gasteiger partial charge in [-0.1, -0.05) is 26.7 Å². The molecule has 5 rings (SSSR count). The van der Waals surface area contributed by atoms with Gasteiger partial charge in [-0.15, -0.1) is 0 Å². The predicted octanol–water partition coefficient (Wildman–Crippen LogP) is 6.06. The van der Waals surface area contributed by atoms with Crippen LogP contribution in [0.4, 0.5) is 0 Å². The summed E-state index contributed by atoms with van der Waals surface area (Å²) in [5.41, 5.74) is 0. The Balaban J connectivity index is 0.000000184. The minimum atomic E-state index is 0.332. The smallest absolute Gasteiger partial charge is 0.0743 e. The van der Waals surface area contributed by atoms with Crippen molar-refractivity contribution in [3.05, 3.63) is 0 Å². The van der Waals surface area contributed by atoms with E-state index in [4.69, 9.17) is 14.6 Å². The molecule has 0 amide bonds. The van der Waals surface area contributed by atoms with E-state index in [0.717, 1.165) is 43.7 Å². The number of ether oxygens (including phenoxy) is 2. The summed E-state index contributed by atoms with van der Waals surface area (Å²) in [5, 5.41) is 9.07. The average molecular weight is 554 g/mol. The molecule has 4 atom stereocenters. The van der Waals surface area contributed by atoms with E-state index in [2.05, 4.69) is 70.1 Å². The summed E-state index contributed by atoms with van der Waals surface area (Å²) in [4.78, 5) is 7.55. The van der Waals surface area contributed by atoms with Gasteiger partial charge in [-0.2, -0.15) is 0 Å². The molecule has 0 aromatic heterocycles. The lowest BCUT2D eigenvalue weighted by atomic mass is 9.96. The average Bonchev–Trinajstić information content (AvgIpc) is 3.69. The van der Waals surface area contributed by atoms with Gasteiger partial charge in [0, 0.05) is 56.6 Å². The third-order valence-electron chi connectivity index (χ3n) is 9.51. The number of aliphatic hydroxyl groups is 1. The van der Waals surface area contributed by atoms with Crippen molar-refractivity contribution in [1.82, 2.24) is 14.7 Å². The summed E-state index contributed by atoms with van der Waals surface area (Å²) in [6.07, 6.45) is 12.4. The molecule has 5 heterocycles. The molecule has 5 aliphatic heterocycles. The number of fused-ring (bicyclic) bond motifs is 1. The molecule has 0 aliphatic carbocycles. The summed E-state index contributed by atoms with van der Waals surface area (Å²) in [7, 11) is 0. The topological polar surface area (TPSA) is 48.4 Å². The van der Waals surface area contributed by atoms with Gasteiger partial charge in [0.1, 0.15) is 0 Å². The molecule has 0 bridgehead atoms. The molecule has 0 spiro atoms. The highest BCUT2D eigenvalue weighted by atomic mass is 16.5. The number of piperidine rings is 2. The summed E-state index contributed by atoms with van der Waals surface area (Å²) < 4.78 is 10.8. The fourth-order valence-corrected chi connectivity index (χ4v) is 6.79. The Labute approximate surface area is 243 Å². The first-order chi connectivity index (χ1) is 18.6. The molecule has 5 saturated heterocycles. The molecule has 4 unspecified atom stereocenters. The van der Waals surface area contributed by atoms with Crippen LogP contribution in [0.2, 0.25) is 0 Å². The van der Waals surface area contributed by atoms with Crippen LogP contribution < -0.4 is 0 Å². The van der Waals surface area contributed by atoms with Gasteiger partial charge in [-0.05, 0) is 118 Å². The number of aliphatic hydroxyl groups excluding tert-OH is 1. The summed E-state index contributed by atoms with van der Waals surface area (Å²) in [6, 6.07) is 3.24. The highest BCUT2D eigenvalue weighted by molar-refractivity contribution is 4.92. The highest BCUT2D eigenvalue weighted by Crippen LogP contribution is 2.30. The number of likely N-dealkylation sites (tertiary alicyclic amines) is 3. The van der Waals surface area contributed by atoms with Crippen LogP contribution in [0.5, 0.6) is 0 Å². The van der Waals surface area contributed by atoms with Crippen LogP contribution in [0.1, 0.15) is 113 Å². The molecule has 5 fully saturated rings. The van der Waals surface area contributed by atoms with Crippen molar-refractivity contribution in [3.8, 4) is 0 Å². The molecule has 0 saturated carbocycles. The molecule has 6 nitrogen and oxygen atoms in total. The highest BCUT2D eigenvalue weighted by Gasteiger charge is 2.39. The lowest BCUT2D eigenvalue weighted by molar-refractivity contribution is 0.0653. The molecule has 0 aromatic rings. The largest absolute Gasteiger partial charge is 0.395 e. The van der Waals surface area contributed by atoms with Crippen LogP contribution >= 0.6 is 0 Å². The molecule has 6 heteroatoms. The maximum Gasteiger partial charge on any atom is 0.0743 e. The Morgan fingerprint density at radius 3 is 1.79 bits per heavy atom. The van der Waals surface area contributed by atoms with Gasteiger partial charge in [0.15, 0.2) is 0 Å². The van der Waals surface area contributed by atoms with Crippen LogP contribution in [0, 0.1) is 11.8 Å². The first kappa shape index (κ1) is 35.0. The summed E-state index contributed by atoms with van der Waals surface area (Å²) >= 11 is 0. The van der Waals surface area contributed by atoms with Crippen LogP contribution in [-0.4, -0.2) is 109 Å². The minimum absolute atomic E-state index is 0.332. The van der Waals surface area contributed by atoms with E-state index in [9.17, 15) is 0 Å². The van der Waals surface area contributed by atoms with Gasteiger partial charge in [0.2, 0.25) is 0 Å². The standard InChI is InChI=1S/C9H17NO.C9H19NO.C8H17N.C7H14O/c1-7(2)10-5-3-9-8(10)4-6-11-9;1-8(2)10-6-4-3-5-9(10)7-11;1-8(2)9-6-4-3-5-7-9;1-6(2)7-3-4-8-5-7/h7-9H,3-6H2,1-2H3;8-9,11H,3-7H2,1-2H3;8H,3-7H2,1-2H3;6-7H,3-5H2,1-2H3. The van der Waals surface area contributed by atoms with Crippen molar-refractivity contribution in [2.24, 2.45) is 11.8 Å². The lowest BCUT2D eigenvalue weighted by Gasteiger charge is -2.37. The zero-order chi connectivity index (χ0) is 28.8. The molecular weight excluding hydrogens is 486 g/mol. The second-order valence-corrected chi connectivity index (χ2v) is 13.6. The maximum absolute atomic E-state index is 9.07. The Kier molecular flexibility index (Phi) is 17.1. The van der Waals surface area contributed by atoms with Crippen LogP contribution in [-0.2, 0) is 9.47 Å². The molecule has 39 heavy (non-hydrogen) atoms. The van der Waals surface area contributed by atoms with Gasteiger partial charge in [0.25, 0.3) is 0 Å². The van der Waals surface area contributed by atoms with Crippen molar-refractivity contribution in [1.29, 1.82) is 0 Å². The van der Waals surface area contributed by atoms with E-state index in [1.54, 1.807) is 0 Å². The first-order valence-corrected chi connectivity index (χ1v) is 16.7. The van der Waals surface area contributed by atoms with Gasteiger partial charge >= 0.3 is 0 Å². The Morgan fingerprint density at radius 2 is 1.33 bits per heavy atom. The van der Waals surface area contributed by atoms with Crippen LogP contribution in [0.25, 0.3) is 0 Å². The lowest BCUT2D eigenvalue weighted by Crippen LogP contribution is -2.45. The van der Waals surface area contributed by atoms with E-state index in [-0.39, 0.29) is 0 Å². The molecule has 1 N–H and O–H groups in total. The van der Waals surface area contributed by atoms with Crippen molar-refractivity contribution < 1.29 is 14.6 Å². The van der Waals surface area contributed by atoms with Crippen LogP contribution in [0.15, 0.2) is 0 Å². The van der Waals surface area contributed by atoms with Gasteiger partial charge in [-0.3, -0.25) is 9.80 Å². The molecular formula is C33H67N3O3. The van der Waals surface area contributed by atoms with E-state index in [0.29, 0.717) is 30.8 Å². The Bertz CT molecular complexity index is 595. The third-order valence-corrected chi connectivity index (χ3v) is 9.51. The van der Waals surface area contributed by atoms with E-state index in [1.165, 1.54) is 84.0 Å². The summed E-state index contributed by atoms with van der Waals surface area (Å²) in [5.74, 6) is 1.66. The second-order valence-electron chi connectivity index (χ2n) is 13.6. The number of nitrogens with zero attached hydrogens (tertiary/aromatic N) is 3. The number of hydrogen-bond acceptors (Lipinski definition) is 6. The van der Waals surface area contributed by atoms with Crippen molar-refractivity contribution in [3.63, 3.8) is 0 Å². The second kappa shape index (κ2) is 19.0. The SMILES string of the molecule is CC(C)C1CCOC1.CC(C)N1CCC2OCCC21.CC(C)N1CCCCC1.CC(C)N1CCCCC1CO. The molecule has 232 valence electrons. The predicted molar refractivity (Wildman–Crippen MR) is 165 cm³/mol. The zero-order valence-corrected chi connectivity index (χ0v) is 27.2. The number of rotatable bonds is 5. The quantitative estimate of drug-likeness (QED) is 0.447. The van der Waals surface area contributed by atoms with Gasteiger partial charge in [0.05, 0.1) is 12.7 Å². The third kappa shape index (κ3) is 12.3. The first-order valence-electron chi connectivity index (χ1n) is 16.7. The van der Waals surface area contributed by atoms with Gasteiger partial charge in [-0.25, -0.2) is 0 Å². The fourth-order valence-electron chi connectivity index (χ4n) is 6.79. The number of hydrogen-bond donors (Lipinski definition) is 1. The van der Waals surface area contributed by atoms with Gasteiger partial charge < -0.3 is 19.5 Å². The molecule has 5 aliphatic rings. The fraction of sp³-hybridized carbons (Fsp3) is 1.00. The molecule has 0 radical (unpaired) electrons. The van der Waals surface area contributed by atoms with Crippen molar-refractivity contribution in [2.75, 3.05) is 52.6 Å². The van der Waals surface area contributed by atoms with Crippen LogP contribution in [0.3, 0.4) is 0 Å². The Hall–Kier alpha value is -0.240. The van der Waals surface area contributed by atoms with Crippen molar-refractivity contribution in [2.45, 2.75) is 149 Å². The zero-order valence-electron chi connectivity index (χ0n) is 27.2. The minimum Gasteiger partial charge on any atom is -0.395 e. The molecule has 0 aromatic carbocycles. The van der Waals surface area contributed by atoms with Crippen molar-refractivity contribution >= 4 is 0 Å². The Morgan fingerprint density at radius 1 is 0.667 bits per heavy atom. The summed E-state index contributed by atoms with van der Waals surface area (Å²) in [6.45, 7) is 26.4. The van der Waals surface area contributed by atoms with E-state index in [1.807, 2.05) is 0 Å². The van der Waals surface area contributed by atoms with E-state index >= 15 is 0 Å². The normalized spacial score (nSPS) is 30.1.